The maximum absolute atomic E-state index is 14.5. The van der Waals surface area contributed by atoms with Gasteiger partial charge in [-0.3, -0.25) is 4.79 Å². The third-order valence-corrected chi connectivity index (χ3v) is 3.09. The Labute approximate surface area is 99.1 Å². The van der Waals surface area contributed by atoms with Gasteiger partial charge in [-0.2, -0.15) is 0 Å². The van der Waals surface area contributed by atoms with E-state index in [2.05, 4.69) is 0 Å². The van der Waals surface area contributed by atoms with Crippen LogP contribution >= 0.6 is 0 Å². The van der Waals surface area contributed by atoms with E-state index in [-0.39, 0.29) is 16.3 Å². The molecule has 1 aliphatic rings. The number of halogens is 1. The van der Waals surface area contributed by atoms with Gasteiger partial charge in [-0.15, -0.1) is 4.73 Å². The summed E-state index contributed by atoms with van der Waals surface area (Å²) in [7, 11) is 0. The Morgan fingerprint density at radius 2 is 2.25 bits per heavy atom. The Morgan fingerprint density at radius 3 is 2.88 bits per heavy atom. The van der Waals surface area contributed by atoms with Crippen molar-refractivity contribution in [2.24, 2.45) is 0 Å². The molecule has 0 spiro atoms. The van der Waals surface area contributed by atoms with Gasteiger partial charge in [0, 0.05) is 16.1 Å². The van der Waals surface area contributed by atoms with Gasteiger partial charge in [-0.05, 0) is 25.3 Å². The molecule has 1 N–H and O–H groups in total. The van der Waals surface area contributed by atoms with E-state index in [4.69, 9.17) is 5.48 Å². The fourth-order valence-electron chi connectivity index (χ4n) is 2.27. The summed E-state index contributed by atoms with van der Waals surface area (Å²) in [5, 5.41) is 9.76. The zero-order valence-electron chi connectivity index (χ0n) is 12.8. The first-order valence-corrected chi connectivity index (χ1v) is 5.40. The molecule has 0 aromatic carbocycles. The normalized spacial score (nSPS) is 22.1. The highest BCUT2D eigenvalue weighted by Crippen LogP contribution is 2.33. The molecule has 0 unspecified atom stereocenters. The third kappa shape index (κ3) is 1.84. The lowest BCUT2D eigenvalue weighted by molar-refractivity contribution is 0.151. The average Bonchev–Trinajstić information content (AvgIpc) is 2.36. The zero-order valence-corrected chi connectivity index (χ0v) is 8.79. The molecule has 0 bridgehead atoms. The summed E-state index contributed by atoms with van der Waals surface area (Å²) in [6.07, 6.45) is 3.86. The molecule has 1 saturated carbocycles. The Balaban J connectivity index is 2.68. The van der Waals surface area contributed by atoms with Crippen LogP contribution in [0.15, 0.2) is 10.8 Å². The third-order valence-electron chi connectivity index (χ3n) is 3.09. The first kappa shape index (κ1) is 7.09. The quantitative estimate of drug-likeness (QED) is 0.752. The highest BCUT2D eigenvalue weighted by molar-refractivity contribution is 5.22. The van der Waals surface area contributed by atoms with E-state index in [9.17, 15) is 14.4 Å². The fraction of sp³-hybridized carbons (Fsp3) is 0.583. The lowest BCUT2D eigenvalue weighted by Crippen LogP contribution is -2.26. The fourth-order valence-corrected chi connectivity index (χ4v) is 2.27. The second kappa shape index (κ2) is 4.28. The number of pyridine rings is 1. The molecule has 3 nitrogen and oxygen atoms in total. The number of hydrogen-bond acceptors (Lipinski definition) is 2. The monoisotopic (exact) mass is 229 g/mol. The first-order valence-electron chi connectivity index (χ1n) is 7.40. The standard InChI is InChI=1S/C12H16FNO2/c1-8-7-10(15)14(16)12(11(8)13)9-5-3-2-4-6-9/h7,9,16H,2-6H2,1H3/i1D3,7D. The van der Waals surface area contributed by atoms with Crippen LogP contribution in [-0.4, -0.2) is 9.94 Å². The number of aromatic nitrogens is 1. The Morgan fingerprint density at radius 1 is 1.56 bits per heavy atom. The van der Waals surface area contributed by atoms with Crippen molar-refractivity contribution in [1.82, 2.24) is 4.73 Å². The van der Waals surface area contributed by atoms with E-state index in [1.54, 1.807) is 0 Å². The van der Waals surface area contributed by atoms with E-state index in [0.29, 0.717) is 12.8 Å². The molecule has 0 amide bonds. The van der Waals surface area contributed by atoms with E-state index in [1.165, 1.54) is 0 Å². The molecular formula is C12H16FNO2. The SMILES string of the molecule is [2H]c1c(C([2H])([2H])[2H])c(F)c(C2CCCCC2)n(O)c1=O. The topological polar surface area (TPSA) is 42.2 Å². The van der Waals surface area contributed by atoms with Gasteiger partial charge < -0.3 is 5.21 Å². The summed E-state index contributed by atoms with van der Waals surface area (Å²) in [5.41, 5.74) is -2.37. The molecule has 16 heavy (non-hydrogen) atoms. The lowest BCUT2D eigenvalue weighted by Gasteiger charge is -2.23. The van der Waals surface area contributed by atoms with E-state index in [0.717, 1.165) is 19.3 Å². The molecule has 4 heteroatoms. The summed E-state index contributed by atoms with van der Waals surface area (Å²) in [6.45, 7) is -2.89. The van der Waals surface area contributed by atoms with Crippen LogP contribution in [-0.2, 0) is 0 Å². The number of rotatable bonds is 1. The summed E-state index contributed by atoms with van der Waals surface area (Å²) < 4.78 is 43.8. The Hall–Kier alpha value is -1.32. The molecule has 0 aliphatic heterocycles. The van der Waals surface area contributed by atoms with Crippen LogP contribution in [0.3, 0.4) is 0 Å². The highest BCUT2D eigenvalue weighted by atomic mass is 19.1. The van der Waals surface area contributed by atoms with Crippen LogP contribution in [0.2, 0.25) is 0 Å². The molecule has 0 radical (unpaired) electrons. The molecule has 1 fully saturated rings. The van der Waals surface area contributed by atoms with Gasteiger partial charge in [0.15, 0.2) is 0 Å². The summed E-state index contributed by atoms with van der Waals surface area (Å²) >= 11 is 0. The Bertz CT molecular complexity index is 576. The highest BCUT2D eigenvalue weighted by Gasteiger charge is 2.24. The van der Waals surface area contributed by atoms with Crippen molar-refractivity contribution in [3.8, 4) is 0 Å². The van der Waals surface area contributed by atoms with Gasteiger partial charge in [0.2, 0.25) is 0 Å². The minimum absolute atomic E-state index is 0.114. The van der Waals surface area contributed by atoms with Crippen molar-refractivity contribution in [3.63, 3.8) is 0 Å². The van der Waals surface area contributed by atoms with Gasteiger partial charge in [0.05, 0.1) is 1.37 Å². The van der Waals surface area contributed by atoms with Crippen molar-refractivity contribution >= 4 is 0 Å². The molecule has 1 heterocycles. The van der Waals surface area contributed by atoms with Crippen LogP contribution in [0.1, 0.15) is 54.8 Å². The predicted octanol–water partition coefficient (Wildman–Crippen LogP) is 2.58. The maximum Gasteiger partial charge on any atom is 0.283 e. The van der Waals surface area contributed by atoms with Gasteiger partial charge in [-0.1, -0.05) is 19.3 Å². The summed E-state index contributed by atoms with van der Waals surface area (Å²) in [6, 6.07) is -1.01. The Kier molecular flexibility index (Phi) is 1.90. The van der Waals surface area contributed by atoms with Crippen molar-refractivity contribution in [1.29, 1.82) is 0 Å². The molecule has 1 aliphatic carbocycles. The van der Waals surface area contributed by atoms with Crippen LogP contribution in [0.25, 0.3) is 0 Å². The van der Waals surface area contributed by atoms with Gasteiger partial charge in [0.1, 0.15) is 11.5 Å². The molecular weight excluding hydrogens is 209 g/mol. The first-order chi connectivity index (χ1) is 9.25. The number of nitrogens with zero attached hydrogens (tertiary/aromatic N) is 1. The van der Waals surface area contributed by atoms with Crippen molar-refractivity contribution in [2.45, 2.75) is 44.9 Å². The number of hydrogen-bond donors (Lipinski definition) is 1. The van der Waals surface area contributed by atoms with E-state index in [1.807, 2.05) is 0 Å². The molecule has 0 atom stereocenters. The van der Waals surface area contributed by atoms with Gasteiger partial charge >= 0.3 is 0 Å². The second-order valence-corrected chi connectivity index (χ2v) is 4.15. The molecule has 1 aromatic heterocycles. The minimum atomic E-state index is -2.89. The second-order valence-electron chi connectivity index (χ2n) is 4.15. The van der Waals surface area contributed by atoms with Crippen LogP contribution < -0.4 is 5.56 Å². The van der Waals surface area contributed by atoms with Crippen molar-refractivity contribution in [3.05, 3.63) is 33.5 Å². The zero-order chi connectivity index (χ0) is 15.1. The largest absolute Gasteiger partial charge is 0.425 e. The lowest BCUT2D eigenvalue weighted by atomic mass is 9.86. The molecule has 1 aromatic rings. The molecule has 88 valence electrons. The summed E-state index contributed by atoms with van der Waals surface area (Å²) in [5.74, 6) is -1.54. The smallest absolute Gasteiger partial charge is 0.283 e. The summed E-state index contributed by atoms with van der Waals surface area (Å²) in [4.78, 5) is 11.8. The molecule has 0 saturated heterocycles. The average molecular weight is 229 g/mol. The minimum Gasteiger partial charge on any atom is -0.425 e. The van der Waals surface area contributed by atoms with Crippen LogP contribution in [0.5, 0.6) is 0 Å². The van der Waals surface area contributed by atoms with Crippen molar-refractivity contribution in [2.75, 3.05) is 0 Å². The van der Waals surface area contributed by atoms with Gasteiger partial charge in [0.25, 0.3) is 5.56 Å². The van der Waals surface area contributed by atoms with E-state index < -0.39 is 29.8 Å². The van der Waals surface area contributed by atoms with Crippen LogP contribution in [0.4, 0.5) is 4.39 Å². The molecule has 2 rings (SSSR count). The predicted molar refractivity (Wildman–Crippen MR) is 58.4 cm³/mol. The van der Waals surface area contributed by atoms with Crippen molar-refractivity contribution < 1.29 is 15.1 Å². The van der Waals surface area contributed by atoms with Gasteiger partial charge in [-0.25, -0.2) is 4.39 Å². The van der Waals surface area contributed by atoms with Crippen LogP contribution in [0, 0.1) is 12.7 Å². The maximum atomic E-state index is 14.5. The van der Waals surface area contributed by atoms with E-state index >= 15 is 0 Å².